The summed E-state index contributed by atoms with van der Waals surface area (Å²) in [7, 11) is 0. The van der Waals surface area contributed by atoms with Crippen LogP contribution in [0.15, 0.2) is 121 Å². The van der Waals surface area contributed by atoms with Gasteiger partial charge in [0.15, 0.2) is 0 Å². The maximum absolute atomic E-state index is 6.46. The Bertz CT molecular complexity index is 2560. The Morgan fingerprint density at radius 2 is 1.49 bits per heavy atom. The first-order valence-corrected chi connectivity index (χ1v) is 15.8. The molecule has 1 aliphatic rings. The number of hydrogen-bond acceptors (Lipinski definition) is 4. The van der Waals surface area contributed by atoms with Gasteiger partial charge in [-0.1, -0.05) is 74.8 Å². The van der Waals surface area contributed by atoms with E-state index in [9.17, 15) is 0 Å². The van der Waals surface area contributed by atoms with Gasteiger partial charge in [-0.05, 0) is 69.9 Å². The van der Waals surface area contributed by atoms with Crippen molar-refractivity contribution in [3.8, 4) is 29.1 Å². The normalized spacial score (nSPS) is 12.5. The summed E-state index contributed by atoms with van der Waals surface area (Å²) >= 11 is 0. The molecule has 8 aromatic rings. The summed E-state index contributed by atoms with van der Waals surface area (Å²) in [5, 5.41) is 2.20. The van der Waals surface area contributed by atoms with Gasteiger partial charge in [-0.15, -0.1) is 35.7 Å². The van der Waals surface area contributed by atoms with Crippen molar-refractivity contribution in [2.45, 2.75) is 26.2 Å². The van der Waals surface area contributed by atoms with Gasteiger partial charge in [-0.2, -0.15) is 6.07 Å². The number of ether oxygens (including phenoxy) is 2. The number of imidazole rings is 1. The van der Waals surface area contributed by atoms with Crippen LogP contribution in [0.4, 0.5) is 11.4 Å². The number of rotatable bonds is 4. The smallest absolute Gasteiger partial charge is 0.318 e. The van der Waals surface area contributed by atoms with Gasteiger partial charge in [0.05, 0.1) is 5.69 Å². The van der Waals surface area contributed by atoms with Crippen molar-refractivity contribution in [1.82, 2.24) is 23.7 Å². The Morgan fingerprint density at radius 3 is 2.33 bits per heavy atom. The fraction of sp³-hybridized carbons (Fsp3) is 0.0976. The second kappa shape index (κ2) is 11.9. The fourth-order valence-electron chi connectivity index (χ4n) is 6.24. The van der Waals surface area contributed by atoms with E-state index in [1.165, 1.54) is 5.56 Å². The molecule has 0 aliphatic carbocycles. The summed E-state index contributed by atoms with van der Waals surface area (Å²) in [4.78, 5) is 9.56. The second-order valence-corrected chi connectivity index (χ2v) is 12.8. The molecule has 0 radical (unpaired) electrons. The molecule has 0 saturated carbocycles. The molecule has 0 unspecified atom stereocenters. The number of fused-ring (bicyclic) bond motifs is 7. The number of nitrogens with zero attached hydrogens (tertiary/aromatic N) is 5. The molecule has 9 rings (SSSR count). The topological polar surface area (TPSA) is 57.1 Å². The molecule has 0 spiro atoms. The van der Waals surface area contributed by atoms with E-state index in [-0.39, 0.29) is 26.5 Å². The van der Waals surface area contributed by atoms with Crippen LogP contribution in [0.2, 0.25) is 0 Å². The van der Waals surface area contributed by atoms with Crippen LogP contribution < -0.4 is 14.0 Å². The quantitative estimate of drug-likeness (QED) is 0.131. The molecule has 0 amide bonds. The average molecular weight is 819 g/mol. The summed E-state index contributed by atoms with van der Waals surface area (Å²) in [5.41, 5.74) is 6.32. The molecule has 0 N–H and O–H groups in total. The van der Waals surface area contributed by atoms with Gasteiger partial charge in [-0.3, -0.25) is 14.1 Å². The number of pyridine rings is 1. The van der Waals surface area contributed by atoms with Crippen molar-refractivity contribution < 1.29 is 30.5 Å². The molecule has 0 bridgehead atoms. The summed E-state index contributed by atoms with van der Waals surface area (Å²) in [6.45, 7) is 6.63. The summed E-state index contributed by atoms with van der Waals surface area (Å²) in [6, 6.07) is 45.7. The third-order valence-corrected chi connectivity index (χ3v) is 8.65. The Hall–Kier alpha value is -5.52. The van der Waals surface area contributed by atoms with Gasteiger partial charge in [0.2, 0.25) is 0 Å². The van der Waals surface area contributed by atoms with Crippen molar-refractivity contribution in [2.75, 3.05) is 0 Å². The molecule has 0 fully saturated rings. The summed E-state index contributed by atoms with van der Waals surface area (Å²) in [6.07, 6.45) is 5.36. The van der Waals surface area contributed by atoms with Crippen LogP contribution in [0.25, 0.3) is 38.7 Å². The zero-order chi connectivity index (χ0) is 32.4. The van der Waals surface area contributed by atoms with Gasteiger partial charge < -0.3 is 14.0 Å². The van der Waals surface area contributed by atoms with Gasteiger partial charge in [-0.25, -0.2) is 4.98 Å². The first-order chi connectivity index (χ1) is 23.4. The fourth-order valence-corrected chi connectivity index (χ4v) is 6.24. The molecule has 242 valence electrons. The molecule has 8 heteroatoms. The Balaban J connectivity index is 0.00000348. The monoisotopic (exact) mass is 818 g/mol. The van der Waals surface area contributed by atoms with Crippen LogP contribution in [-0.4, -0.2) is 25.4 Å². The number of benzene rings is 5. The predicted molar refractivity (Wildman–Crippen MR) is 190 cm³/mol. The van der Waals surface area contributed by atoms with Gasteiger partial charge >= 0.3 is 6.01 Å². The van der Waals surface area contributed by atoms with Crippen molar-refractivity contribution in [3.63, 3.8) is 0 Å². The first kappa shape index (κ1) is 30.8. The molecule has 3 aromatic heterocycles. The minimum absolute atomic E-state index is 0. The third kappa shape index (κ3) is 5.31. The minimum Gasteiger partial charge on any atom is -0.510 e. The standard InChI is InChI=1S/C41H29N5O2.Pt/c1-41(2,3)27-21-22-42-39(23-27)46-34-14-8-7-13-31(34)32-19-17-29(24-36(32)46)47-30-18-20-33-37(25-30)45-26-44(28-11-5-4-6-12-28)35-15-9-10-16-38(35)48-40(45)43-33;/h4-23H,1-3H3;/q-2;. The molecule has 0 atom stereocenters. The van der Waals surface area contributed by atoms with E-state index in [1.807, 2.05) is 83.6 Å². The van der Waals surface area contributed by atoms with Crippen LogP contribution >= 0.6 is 0 Å². The van der Waals surface area contributed by atoms with E-state index in [1.54, 1.807) is 4.57 Å². The van der Waals surface area contributed by atoms with E-state index in [0.717, 1.165) is 39.0 Å². The van der Waals surface area contributed by atoms with Crippen LogP contribution in [0.1, 0.15) is 26.3 Å². The predicted octanol–water partition coefficient (Wildman–Crippen LogP) is 9.61. The van der Waals surface area contributed by atoms with Crippen molar-refractivity contribution in [2.24, 2.45) is 0 Å². The molecule has 0 saturated heterocycles. The van der Waals surface area contributed by atoms with Crippen LogP contribution in [0, 0.1) is 12.1 Å². The van der Waals surface area contributed by atoms with Crippen LogP contribution in [0.5, 0.6) is 23.3 Å². The zero-order valence-corrected chi connectivity index (χ0v) is 29.2. The zero-order valence-electron chi connectivity index (χ0n) is 26.9. The van der Waals surface area contributed by atoms with Crippen LogP contribution in [-0.2, 0) is 26.5 Å². The SMILES string of the molecule is CC(C)(C)c1ccnc(-n2c3[c-]c(Oc4[c-]c5c(cc4)nc4n5[C-]=[N+](c5ccccc5)c5ccccc5O4)ccc3c3ccccc32)c1.[Pt]. The molecular weight excluding hydrogens is 790 g/mol. The second-order valence-electron chi connectivity index (χ2n) is 12.8. The minimum atomic E-state index is -0.0183. The Morgan fingerprint density at radius 1 is 0.755 bits per heavy atom. The summed E-state index contributed by atoms with van der Waals surface area (Å²) < 4.78 is 18.7. The number of para-hydroxylation sites is 4. The molecule has 1 aliphatic heterocycles. The van der Waals surface area contributed by atoms with E-state index < -0.39 is 0 Å². The number of hydrogen-bond donors (Lipinski definition) is 0. The van der Waals surface area contributed by atoms with Crippen molar-refractivity contribution >= 4 is 50.6 Å². The molecule has 49 heavy (non-hydrogen) atoms. The van der Waals surface area contributed by atoms with Gasteiger partial charge in [0.1, 0.15) is 17.3 Å². The molecule has 7 nitrogen and oxygen atoms in total. The Labute approximate surface area is 298 Å². The molecular formula is C41H29N5O2Pt-2. The largest absolute Gasteiger partial charge is 0.510 e. The molecule has 5 aromatic carbocycles. The maximum Gasteiger partial charge on any atom is 0.318 e. The van der Waals surface area contributed by atoms with E-state index >= 15 is 0 Å². The maximum atomic E-state index is 6.46. The van der Waals surface area contributed by atoms with Crippen LogP contribution in [0.3, 0.4) is 0 Å². The first-order valence-electron chi connectivity index (χ1n) is 15.8. The average Bonchev–Trinajstić information content (AvgIpc) is 3.55. The van der Waals surface area contributed by atoms with E-state index in [4.69, 9.17) is 19.4 Å². The van der Waals surface area contributed by atoms with Gasteiger partial charge in [0, 0.05) is 44.3 Å². The van der Waals surface area contributed by atoms with Crippen molar-refractivity contribution in [3.05, 3.63) is 139 Å². The third-order valence-electron chi connectivity index (χ3n) is 8.65. The van der Waals surface area contributed by atoms with E-state index in [2.05, 4.69) is 86.3 Å². The molecule has 4 heterocycles. The van der Waals surface area contributed by atoms with Gasteiger partial charge in [0.25, 0.3) is 6.34 Å². The van der Waals surface area contributed by atoms with Crippen molar-refractivity contribution in [1.29, 1.82) is 0 Å². The number of aromatic nitrogens is 4. The summed E-state index contributed by atoms with van der Waals surface area (Å²) in [5.74, 6) is 2.60. The van der Waals surface area contributed by atoms with E-state index in [0.29, 0.717) is 34.3 Å². The Kier molecular flexibility index (Phi) is 7.46.